The Hall–Kier alpha value is -1.42. The summed E-state index contributed by atoms with van der Waals surface area (Å²) in [7, 11) is 0. The van der Waals surface area contributed by atoms with E-state index in [9.17, 15) is 4.79 Å². The van der Waals surface area contributed by atoms with Crippen molar-refractivity contribution in [3.8, 4) is 11.5 Å². The van der Waals surface area contributed by atoms with Gasteiger partial charge in [-0.2, -0.15) is 0 Å². The summed E-state index contributed by atoms with van der Waals surface area (Å²) in [4.78, 5) is 10.7. The number of benzene rings is 1. The van der Waals surface area contributed by atoms with Gasteiger partial charge in [0.05, 0.1) is 6.42 Å². The average Bonchev–Trinajstić information content (AvgIpc) is 2.56. The molecule has 0 saturated heterocycles. The first-order valence-electron chi connectivity index (χ1n) is 5.50. The highest BCUT2D eigenvalue weighted by molar-refractivity contribution is 6.31. The number of hydrogen-bond acceptors (Lipinski definition) is 3. The minimum absolute atomic E-state index is 0.109. The van der Waals surface area contributed by atoms with Crippen LogP contribution in [0.5, 0.6) is 11.5 Å². The van der Waals surface area contributed by atoms with Gasteiger partial charge in [-0.25, -0.2) is 0 Å². The van der Waals surface area contributed by atoms with Crippen LogP contribution in [0.1, 0.15) is 24.8 Å². The van der Waals surface area contributed by atoms with Gasteiger partial charge in [-0.1, -0.05) is 11.6 Å². The van der Waals surface area contributed by atoms with Crippen LogP contribution < -0.4 is 9.47 Å². The molecular formula is C12H11ClO4. The Kier molecular flexibility index (Phi) is 2.23. The summed E-state index contributed by atoms with van der Waals surface area (Å²) in [5, 5.41) is 9.18. The molecule has 1 spiro atoms. The van der Waals surface area contributed by atoms with Gasteiger partial charge >= 0.3 is 5.97 Å². The molecule has 1 aromatic rings. The molecule has 0 radical (unpaired) electrons. The van der Waals surface area contributed by atoms with Gasteiger partial charge in [0.15, 0.2) is 11.5 Å². The van der Waals surface area contributed by atoms with E-state index in [1.807, 2.05) is 0 Å². The fraction of sp³-hybridized carbons (Fsp3) is 0.417. The number of carboxylic acid groups (broad SMARTS) is 1. The van der Waals surface area contributed by atoms with Crippen LogP contribution in [-0.4, -0.2) is 16.9 Å². The van der Waals surface area contributed by atoms with Crippen molar-refractivity contribution >= 4 is 17.6 Å². The number of aliphatic carboxylic acids is 1. The second-order valence-corrected chi connectivity index (χ2v) is 4.84. The van der Waals surface area contributed by atoms with Crippen LogP contribution in [0, 0.1) is 0 Å². The lowest BCUT2D eigenvalue weighted by molar-refractivity contribution is -0.138. The van der Waals surface area contributed by atoms with Crippen molar-refractivity contribution in [1.82, 2.24) is 0 Å². The second kappa shape index (κ2) is 3.53. The summed E-state index contributed by atoms with van der Waals surface area (Å²) in [5.41, 5.74) is 0.554. The van der Waals surface area contributed by atoms with E-state index < -0.39 is 11.8 Å². The van der Waals surface area contributed by atoms with E-state index in [4.69, 9.17) is 26.2 Å². The largest absolute Gasteiger partial charge is 0.481 e. The van der Waals surface area contributed by atoms with Crippen molar-refractivity contribution in [3.05, 3.63) is 22.7 Å². The molecule has 0 bridgehead atoms. The minimum Gasteiger partial charge on any atom is -0.481 e. The highest BCUT2D eigenvalue weighted by atomic mass is 35.5. The summed E-state index contributed by atoms with van der Waals surface area (Å²) in [6.07, 6.45) is 2.72. The Morgan fingerprint density at radius 1 is 1.35 bits per heavy atom. The quantitative estimate of drug-likeness (QED) is 0.881. The van der Waals surface area contributed by atoms with Crippen molar-refractivity contribution in [3.63, 3.8) is 0 Å². The maximum absolute atomic E-state index is 10.7. The van der Waals surface area contributed by atoms with Gasteiger partial charge in [0, 0.05) is 23.9 Å². The predicted octanol–water partition coefficient (Wildman–Crippen LogP) is 2.62. The zero-order chi connectivity index (χ0) is 12.0. The maximum Gasteiger partial charge on any atom is 0.307 e. The number of rotatable bonds is 2. The van der Waals surface area contributed by atoms with Crippen molar-refractivity contribution in [2.24, 2.45) is 0 Å². The van der Waals surface area contributed by atoms with Gasteiger partial charge in [0.1, 0.15) is 0 Å². The molecule has 17 heavy (non-hydrogen) atoms. The van der Waals surface area contributed by atoms with E-state index in [0.717, 1.165) is 19.3 Å². The van der Waals surface area contributed by atoms with Crippen LogP contribution in [-0.2, 0) is 11.2 Å². The molecule has 90 valence electrons. The maximum atomic E-state index is 10.7. The van der Waals surface area contributed by atoms with Gasteiger partial charge in [0.2, 0.25) is 0 Å². The highest BCUT2D eigenvalue weighted by Gasteiger charge is 2.47. The van der Waals surface area contributed by atoms with Gasteiger partial charge in [0.25, 0.3) is 5.79 Å². The van der Waals surface area contributed by atoms with Crippen molar-refractivity contribution < 1.29 is 19.4 Å². The van der Waals surface area contributed by atoms with E-state index in [1.165, 1.54) is 0 Å². The van der Waals surface area contributed by atoms with E-state index in [0.29, 0.717) is 22.1 Å². The first-order chi connectivity index (χ1) is 8.08. The summed E-state index contributed by atoms with van der Waals surface area (Å²) in [6.45, 7) is 0. The smallest absolute Gasteiger partial charge is 0.307 e. The van der Waals surface area contributed by atoms with E-state index in [-0.39, 0.29) is 6.42 Å². The summed E-state index contributed by atoms with van der Waals surface area (Å²) >= 11 is 6.01. The second-order valence-electron chi connectivity index (χ2n) is 4.43. The third-order valence-electron chi connectivity index (χ3n) is 3.16. The van der Waals surface area contributed by atoms with Gasteiger partial charge in [-0.15, -0.1) is 0 Å². The third-order valence-corrected chi connectivity index (χ3v) is 3.51. The summed E-state index contributed by atoms with van der Waals surface area (Å²) in [6, 6.07) is 3.31. The molecule has 1 fully saturated rings. The first-order valence-corrected chi connectivity index (χ1v) is 5.88. The van der Waals surface area contributed by atoms with E-state index in [1.54, 1.807) is 12.1 Å². The Morgan fingerprint density at radius 3 is 2.53 bits per heavy atom. The molecule has 0 atom stereocenters. The third kappa shape index (κ3) is 1.72. The summed E-state index contributed by atoms with van der Waals surface area (Å²) < 4.78 is 11.5. The van der Waals surface area contributed by atoms with E-state index in [2.05, 4.69) is 0 Å². The normalized spacial score (nSPS) is 19.1. The fourth-order valence-electron chi connectivity index (χ4n) is 2.13. The lowest BCUT2D eigenvalue weighted by Gasteiger charge is -2.35. The molecule has 1 aliphatic carbocycles. The van der Waals surface area contributed by atoms with Crippen molar-refractivity contribution in [2.75, 3.05) is 0 Å². The zero-order valence-corrected chi connectivity index (χ0v) is 9.79. The number of fused-ring (bicyclic) bond motifs is 1. The van der Waals surface area contributed by atoms with Crippen LogP contribution in [0.15, 0.2) is 12.1 Å². The Balaban J connectivity index is 1.92. The van der Waals surface area contributed by atoms with Gasteiger partial charge < -0.3 is 14.6 Å². The lowest BCUT2D eigenvalue weighted by Crippen LogP contribution is -2.45. The highest BCUT2D eigenvalue weighted by Crippen LogP contribution is 2.49. The number of carboxylic acids is 1. The monoisotopic (exact) mass is 254 g/mol. The molecule has 1 aromatic carbocycles. The predicted molar refractivity (Wildman–Crippen MR) is 60.6 cm³/mol. The molecule has 0 unspecified atom stereocenters. The first kappa shape index (κ1) is 10.7. The van der Waals surface area contributed by atoms with Crippen molar-refractivity contribution in [1.29, 1.82) is 0 Å². The Bertz CT molecular complexity index is 494. The average molecular weight is 255 g/mol. The molecule has 2 aliphatic rings. The van der Waals surface area contributed by atoms with Crippen LogP contribution in [0.2, 0.25) is 5.02 Å². The number of hydrogen-bond donors (Lipinski definition) is 1. The van der Waals surface area contributed by atoms with Crippen LogP contribution >= 0.6 is 11.6 Å². The topological polar surface area (TPSA) is 55.8 Å². The molecule has 1 aliphatic heterocycles. The number of ether oxygens (including phenoxy) is 2. The van der Waals surface area contributed by atoms with Crippen LogP contribution in [0.3, 0.4) is 0 Å². The molecule has 3 rings (SSSR count). The minimum atomic E-state index is -0.913. The molecule has 1 N–H and O–H groups in total. The fourth-order valence-corrected chi connectivity index (χ4v) is 2.35. The standard InChI is InChI=1S/C12H11ClO4/c13-8-6-10-9(4-7(8)5-11(14)15)16-12(17-10)2-1-3-12/h4,6H,1-3,5H2,(H,14,15). The number of halogens is 1. The lowest BCUT2D eigenvalue weighted by atomic mass is 9.91. The molecule has 0 aromatic heterocycles. The molecule has 5 heteroatoms. The molecular weight excluding hydrogens is 244 g/mol. The molecule has 4 nitrogen and oxygen atoms in total. The number of carbonyl (C=O) groups is 1. The molecule has 1 saturated carbocycles. The molecule has 1 heterocycles. The van der Waals surface area contributed by atoms with Gasteiger partial charge in [-0.3, -0.25) is 4.79 Å². The zero-order valence-electron chi connectivity index (χ0n) is 9.03. The SMILES string of the molecule is O=C(O)Cc1cc2c(cc1Cl)OC1(CCC1)O2. The van der Waals surface area contributed by atoms with E-state index >= 15 is 0 Å². The van der Waals surface area contributed by atoms with Gasteiger partial charge in [-0.05, 0) is 18.1 Å². The Morgan fingerprint density at radius 2 is 2.00 bits per heavy atom. The van der Waals surface area contributed by atoms with Crippen LogP contribution in [0.4, 0.5) is 0 Å². The van der Waals surface area contributed by atoms with Crippen LogP contribution in [0.25, 0.3) is 0 Å². The molecule has 0 amide bonds. The van der Waals surface area contributed by atoms with Crippen molar-refractivity contribution in [2.45, 2.75) is 31.5 Å². The Labute approximate surface area is 103 Å². The summed E-state index contributed by atoms with van der Waals surface area (Å²) in [5.74, 6) is -0.202.